The fourth-order valence-electron chi connectivity index (χ4n) is 6.18. The number of nitrogens with one attached hydrogen (secondary N) is 1. The molecular formula is C31H42ClN3O. The largest absolute Gasteiger partial charge is 0.353 e. The van der Waals surface area contributed by atoms with E-state index >= 15 is 0 Å². The SMILES string of the molecule is Cc1cccc(-c2ccc3c(c2)c(CCC(=O)NC2CCC(N)CC2)cn3CC2CCCCC2)c1.Cl. The van der Waals surface area contributed by atoms with Crippen LogP contribution in [-0.2, 0) is 17.8 Å². The number of nitrogens with two attached hydrogens (primary N) is 1. The lowest BCUT2D eigenvalue weighted by atomic mass is 9.89. The van der Waals surface area contributed by atoms with E-state index in [0.717, 1.165) is 44.6 Å². The first-order chi connectivity index (χ1) is 17.0. The molecule has 1 aromatic heterocycles. The van der Waals surface area contributed by atoms with Gasteiger partial charge in [0.15, 0.2) is 0 Å². The highest BCUT2D eigenvalue weighted by atomic mass is 35.5. The normalized spacial score (nSPS) is 20.7. The van der Waals surface area contributed by atoms with E-state index in [4.69, 9.17) is 5.73 Å². The lowest BCUT2D eigenvalue weighted by Crippen LogP contribution is -2.40. The van der Waals surface area contributed by atoms with Crippen LogP contribution in [0, 0.1) is 12.8 Å². The second-order valence-corrected chi connectivity index (χ2v) is 11.1. The highest BCUT2D eigenvalue weighted by Crippen LogP contribution is 2.32. The summed E-state index contributed by atoms with van der Waals surface area (Å²) in [5.41, 5.74) is 12.4. The lowest BCUT2D eigenvalue weighted by molar-refractivity contribution is -0.122. The number of hydrogen-bond donors (Lipinski definition) is 2. The quantitative estimate of drug-likeness (QED) is 0.364. The molecule has 1 heterocycles. The molecule has 0 saturated heterocycles. The number of hydrogen-bond acceptors (Lipinski definition) is 2. The Labute approximate surface area is 222 Å². The molecule has 36 heavy (non-hydrogen) atoms. The lowest BCUT2D eigenvalue weighted by Gasteiger charge is -2.26. The van der Waals surface area contributed by atoms with Crippen LogP contribution in [0.2, 0.25) is 0 Å². The Kier molecular flexibility index (Phi) is 9.14. The van der Waals surface area contributed by atoms with Crippen molar-refractivity contribution >= 4 is 29.2 Å². The third kappa shape index (κ3) is 6.52. The molecule has 2 aromatic carbocycles. The van der Waals surface area contributed by atoms with Crippen molar-refractivity contribution in [3.05, 3.63) is 59.8 Å². The van der Waals surface area contributed by atoms with Crippen molar-refractivity contribution < 1.29 is 4.79 Å². The number of carbonyl (C=O) groups excluding carboxylic acids is 1. The summed E-state index contributed by atoms with van der Waals surface area (Å²) >= 11 is 0. The van der Waals surface area contributed by atoms with Crippen LogP contribution in [0.4, 0.5) is 0 Å². The van der Waals surface area contributed by atoms with E-state index in [-0.39, 0.29) is 18.3 Å². The summed E-state index contributed by atoms with van der Waals surface area (Å²) < 4.78 is 2.47. The summed E-state index contributed by atoms with van der Waals surface area (Å²) in [5.74, 6) is 0.943. The number of aryl methyl sites for hydroxylation is 2. The van der Waals surface area contributed by atoms with Crippen LogP contribution in [0.3, 0.4) is 0 Å². The molecule has 3 N–H and O–H groups in total. The van der Waals surface area contributed by atoms with Crippen molar-refractivity contribution in [2.75, 3.05) is 0 Å². The molecule has 0 spiro atoms. The number of fused-ring (bicyclic) bond motifs is 1. The Morgan fingerprint density at radius 2 is 1.72 bits per heavy atom. The van der Waals surface area contributed by atoms with Crippen molar-refractivity contribution in [2.24, 2.45) is 11.7 Å². The summed E-state index contributed by atoms with van der Waals surface area (Å²) in [6.45, 7) is 3.24. The molecular weight excluding hydrogens is 466 g/mol. The average Bonchev–Trinajstić information content (AvgIpc) is 3.21. The topological polar surface area (TPSA) is 60.1 Å². The van der Waals surface area contributed by atoms with Crippen molar-refractivity contribution in [1.29, 1.82) is 0 Å². The minimum atomic E-state index is 0. The number of rotatable bonds is 7. The maximum atomic E-state index is 12.8. The van der Waals surface area contributed by atoms with Gasteiger partial charge in [0.2, 0.25) is 5.91 Å². The van der Waals surface area contributed by atoms with Crippen molar-refractivity contribution in [1.82, 2.24) is 9.88 Å². The molecule has 2 aliphatic carbocycles. The minimum absolute atomic E-state index is 0. The molecule has 194 valence electrons. The Hall–Kier alpha value is -2.30. The van der Waals surface area contributed by atoms with E-state index in [9.17, 15) is 4.79 Å². The number of carbonyl (C=O) groups is 1. The average molecular weight is 508 g/mol. The third-order valence-electron chi connectivity index (χ3n) is 8.25. The van der Waals surface area contributed by atoms with Gasteiger partial charge in [-0.25, -0.2) is 0 Å². The Morgan fingerprint density at radius 1 is 0.972 bits per heavy atom. The van der Waals surface area contributed by atoms with E-state index in [1.54, 1.807) is 0 Å². The standard InChI is InChI=1S/C31H41N3O.ClH/c1-22-6-5-9-24(18-22)25-10-16-30-29(19-25)26(21-34(30)20-23-7-3-2-4-8-23)11-17-31(35)33-28-14-12-27(32)13-15-28;/h5-6,9-10,16,18-19,21,23,27-28H,2-4,7-8,11-15,17,20,32H2,1H3,(H,33,35);1H. The van der Waals surface area contributed by atoms with Crippen molar-refractivity contribution in [3.63, 3.8) is 0 Å². The van der Waals surface area contributed by atoms with Crippen LogP contribution in [-0.4, -0.2) is 22.6 Å². The number of aromatic nitrogens is 1. The van der Waals surface area contributed by atoms with Crippen molar-refractivity contribution in [2.45, 2.75) is 96.2 Å². The van der Waals surface area contributed by atoms with Crippen molar-refractivity contribution in [3.8, 4) is 11.1 Å². The van der Waals surface area contributed by atoms with Crippen LogP contribution in [0.15, 0.2) is 48.7 Å². The van der Waals surface area contributed by atoms with E-state index < -0.39 is 0 Å². The molecule has 0 unspecified atom stereocenters. The molecule has 2 saturated carbocycles. The smallest absolute Gasteiger partial charge is 0.220 e. The predicted octanol–water partition coefficient (Wildman–Crippen LogP) is 6.94. The number of benzene rings is 2. The molecule has 2 aliphatic rings. The van der Waals surface area contributed by atoms with Gasteiger partial charge in [0.05, 0.1) is 0 Å². The van der Waals surface area contributed by atoms with Gasteiger partial charge in [0.25, 0.3) is 0 Å². The van der Waals surface area contributed by atoms with Gasteiger partial charge in [-0.3, -0.25) is 4.79 Å². The van der Waals surface area contributed by atoms with Gasteiger partial charge in [-0.15, -0.1) is 12.4 Å². The van der Waals surface area contributed by atoms with Crippen LogP contribution in [0.25, 0.3) is 22.0 Å². The molecule has 2 fully saturated rings. The Bertz CT molecular complexity index is 1160. The van der Waals surface area contributed by atoms with E-state index in [1.807, 2.05) is 0 Å². The first-order valence-electron chi connectivity index (χ1n) is 13.8. The van der Waals surface area contributed by atoms with Crippen LogP contribution in [0.1, 0.15) is 75.3 Å². The molecule has 5 heteroatoms. The number of amides is 1. The molecule has 0 atom stereocenters. The van der Waals surface area contributed by atoms with E-state index in [1.165, 1.54) is 65.3 Å². The summed E-state index contributed by atoms with van der Waals surface area (Å²) in [7, 11) is 0. The Balaban J connectivity index is 0.00000304. The molecule has 0 radical (unpaired) electrons. The second-order valence-electron chi connectivity index (χ2n) is 11.1. The van der Waals surface area contributed by atoms with Crippen LogP contribution < -0.4 is 11.1 Å². The fourth-order valence-corrected chi connectivity index (χ4v) is 6.18. The predicted molar refractivity (Wildman–Crippen MR) is 153 cm³/mol. The van der Waals surface area contributed by atoms with Crippen LogP contribution >= 0.6 is 12.4 Å². The molecule has 1 amide bonds. The first kappa shape index (κ1) is 26.8. The zero-order valence-corrected chi connectivity index (χ0v) is 22.5. The molecule has 0 aliphatic heterocycles. The maximum absolute atomic E-state index is 12.8. The molecule has 4 nitrogen and oxygen atoms in total. The summed E-state index contributed by atoms with van der Waals surface area (Å²) in [4.78, 5) is 12.8. The first-order valence-corrected chi connectivity index (χ1v) is 13.8. The van der Waals surface area contributed by atoms with Gasteiger partial charge >= 0.3 is 0 Å². The fraction of sp³-hybridized carbons (Fsp3) is 0.516. The van der Waals surface area contributed by atoms with Gasteiger partial charge < -0.3 is 15.6 Å². The highest BCUT2D eigenvalue weighted by molar-refractivity contribution is 5.89. The summed E-state index contributed by atoms with van der Waals surface area (Å²) in [6.07, 6.45) is 14.5. The minimum Gasteiger partial charge on any atom is -0.353 e. The van der Waals surface area contributed by atoms with Crippen LogP contribution in [0.5, 0.6) is 0 Å². The van der Waals surface area contributed by atoms with E-state index in [2.05, 4.69) is 65.5 Å². The van der Waals surface area contributed by atoms with Gasteiger partial charge in [-0.05, 0) is 86.6 Å². The molecule has 0 bridgehead atoms. The highest BCUT2D eigenvalue weighted by Gasteiger charge is 2.21. The van der Waals surface area contributed by atoms with Gasteiger partial charge in [0, 0.05) is 42.1 Å². The number of halogens is 1. The summed E-state index contributed by atoms with van der Waals surface area (Å²) in [5, 5.41) is 4.57. The molecule has 3 aromatic rings. The summed E-state index contributed by atoms with van der Waals surface area (Å²) in [6, 6.07) is 16.2. The Morgan fingerprint density at radius 3 is 2.47 bits per heavy atom. The monoisotopic (exact) mass is 507 g/mol. The number of nitrogens with zero attached hydrogens (tertiary/aromatic N) is 1. The zero-order valence-electron chi connectivity index (χ0n) is 21.7. The third-order valence-corrected chi connectivity index (χ3v) is 8.25. The maximum Gasteiger partial charge on any atom is 0.220 e. The molecule has 5 rings (SSSR count). The van der Waals surface area contributed by atoms with Gasteiger partial charge in [-0.1, -0.05) is 55.2 Å². The van der Waals surface area contributed by atoms with Gasteiger partial charge in [0.1, 0.15) is 0 Å². The zero-order chi connectivity index (χ0) is 24.2. The second kappa shape index (κ2) is 12.3. The van der Waals surface area contributed by atoms with E-state index in [0.29, 0.717) is 18.5 Å². The van der Waals surface area contributed by atoms with Gasteiger partial charge in [-0.2, -0.15) is 0 Å².